The van der Waals surface area contributed by atoms with E-state index < -0.39 is 0 Å². The lowest BCUT2D eigenvalue weighted by molar-refractivity contribution is 0.885. The normalized spacial score (nSPS) is 10.6. The first-order chi connectivity index (χ1) is 7.66. The Balaban J connectivity index is 2.02. The van der Waals surface area contributed by atoms with Gasteiger partial charge in [-0.15, -0.1) is 0 Å². The summed E-state index contributed by atoms with van der Waals surface area (Å²) in [6.45, 7) is 4.16. The molecule has 1 aromatic heterocycles. The topological polar surface area (TPSA) is 54.7 Å². The van der Waals surface area contributed by atoms with Gasteiger partial charge < -0.3 is 5.73 Å². The van der Waals surface area contributed by atoms with Crippen molar-refractivity contribution in [3.63, 3.8) is 0 Å². The summed E-state index contributed by atoms with van der Waals surface area (Å²) < 4.78 is 0. The zero-order chi connectivity index (χ0) is 11.5. The number of aryl methyl sites for hydroxylation is 3. The van der Waals surface area contributed by atoms with Crippen LogP contribution in [0, 0.1) is 13.8 Å². The van der Waals surface area contributed by atoms with Crippen molar-refractivity contribution >= 4 is 5.69 Å². The van der Waals surface area contributed by atoms with Gasteiger partial charge in [-0.25, -0.2) is 0 Å². The fourth-order valence-electron chi connectivity index (χ4n) is 1.73. The lowest BCUT2D eigenvalue weighted by atomic mass is 10.1. The van der Waals surface area contributed by atoms with E-state index in [9.17, 15) is 0 Å². The van der Waals surface area contributed by atoms with E-state index in [1.54, 1.807) is 0 Å². The average molecular weight is 215 g/mol. The Morgan fingerprint density at radius 2 is 1.81 bits per heavy atom. The van der Waals surface area contributed by atoms with Crippen molar-refractivity contribution in [2.75, 3.05) is 5.73 Å². The van der Waals surface area contributed by atoms with Crippen LogP contribution in [0.1, 0.15) is 22.5 Å². The molecule has 0 radical (unpaired) electrons. The van der Waals surface area contributed by atoms with Crippen molar-refractivity contribution < 1.29 is 0 Å². The molecule has 0 saturated heterocycles. The molecule has 2 aromatic rings. The fourth-order valence-corrected chi connectivity index (χ4v) is 1.73. The maximum Gasteiger partial charge on any atom is 0.0657 e. The number of nitrogens with one attached hydrogen (secondary N) is 1. The lowest BCUT2D eigenvalue weighted by Crippen LogP contribution is -1.94. The molecular formula is C13H17N3. The fraction of sp³-hybridized carbons (Fsp3) is 0.308. The lowest BCUT2D eigenvalue weighted by Gasteiger charge is -2.01. The Bertz CT molecular complexity index is 468. The van der Waals surface area contributed by atoms with Crippen molar-refractivity contribution in [3.05, 3.63) is 46.8 Å². The summed E-state index contributed by atoms with van der Waals surface area (Å²) in [6, 6.07) is 8.03. The van der Waals surface area contributed by atoms with Crippen LogP contribution >= 0.6 is 0 Å². The number of nitrogens with zero attached hydrogens (tertiary/aromatic N) is 1. The van der Waals surface area contributed by atoms with Crippen molar-refractivity contribution in [1.82, 2.24) is 10.2 Å². The third-order valence-corrected chi connectivity index (χ3v) is 2.98. The van der Waals surface area contributed by atoms with E-state index in [0.717, 1.165) is 29.9 Å². The Morgan fingerprint density at radius 1 is 1.12 bits per heavy atom. The summed E-state index contributed by atoms with van der Waals surface area (Å²) in [5.41, 5.74) is 11.4. The highest BCUT2D eigenvalue weighted by Gasteiger charge is 2.05. The predicted molar refractivity (Wildman–Crippen MR) is 66.3 cm³/mol. The number of aromatic nitrogens is 2. The standard InChI is InChI=1S/C13H17N3/c1-9-10(2)15-16-13(9)8-5-11-3-6-12(14)7-4-11/h3-4,6-7H,5,8,14H2,1-2H3,(H,15,16). The summed E-state index contributed by atoms with van der Waals surface area (Å²) in [5.74, 6) is 0. The Hall–Kier alpha value is -1.77. The van der Waals surface area contributed by atoms with Crippen LogP contribution in [0.3, 0.4) is 0 Å². The minimum absolute atomic E-state index is 0.815. The number of nitrogens with two attached hydrogens (primary N) is 1. The van der Waals surface area contributed by atoms with E-state index in [1.165, 1.54) is 11.1 Å². The van der Waals surface area contributed by atoms with Crippen LogP contribution in [0.5, 0.6) is 0 Å². The molecule has 0 spiro atoms. The van der Waals surface area contributed by atoms with Crippen LogP contribution in [0.2, 0.25) is 0 Å². The molecule has 0 atom stereocenters. The van der Waals surface area contributed by atoms with Gasteiger partial charge in [0.25, 0.3) is 0 Å². The minimum Gasteiger partial charge on any atom is -0.399 e. The SMILES string of the molecule is Cc1[nH]nc(CCc2ccc(N)cc2)c1C. The molecule has 2 rings (SSSR count). The predicted octanol–water partition coefficient (Wildman–Crippen LogP) is 2.39. The Labute approximate surface area is 95.7 Å². The second-order valence-corrected chi connectivity index (χ2v) is 4.16. The van der Waals surface area contributed by atoms with Crippen molar-refractivity contribution in [2.45, 2.75) is 26.7 Å². The molecule has 0 amide bonds. The second-order valence-electron chi connectivity index (χ2n) is 4.16. The molecule has 3 N–H and O–H groups in total. The molecule has 0 aliphatic heterocycles. The molecule has 1 heterocycles. The summed E-state index contributed by atoms with van der Waals surface area (Å²) in [7, 11) is 0. The number of benzene rings is 1. The molecule has 3 nitrogen and oxygen atoms in total. The summed E-state index contributed by atoms with van der Waals surface area (Å²) in [4.78, 5) is 0. The average Bonchev–Trinajstić information content (AvgIpc) is 2.60. The van der Waals surface area contributed by atoms with Gasteiger partial charge >= 0.3 is 0 Å². The van der Waals surface area contributed by atoms with E-state index >= 15 is 0 Å². The molecule has 0 unspecified atom stereocenters. The van der Waals surface area contributed by atoms with Gasteiger partial charge in [0.2, 0.25) is 0 Å². The van der Waals surface area contributed by atoms with Crippen molar-refractivity contribution in [3.8, 4) is 0 Å². The monoisotopic (exact) mass is 215 g/mol. The number of hydrogen-bond acceptors (Lipinski definition) is 2. The van der Waals surface area contributed by atoms with Crippen LogP contribution in [0.15, 0.2) is 24.3 Å². The zero-order valence-electron chi connectivity index (χ0n) is 9.75. The molecule has 16 heavy (non-hydrogen) atoms. The van der Waals surface area contributed by atoms with E-state index in [0.29, 0.717) is 0 Å². The van der Waals surface area contributed by atoms with Crippen LogP contribution in [0.25, 0.3) is 0 Å². The first-order valence-corrected chi connectivity index (χ1v) is 5.51. The van der Waals surface area contributed by atoms with Crippen LogP contribution in [-0.4, -0.2) is 10.2 Å². The van der Waals surface area contributed by atoms with Crippen LogP contribution in [-0.2, 0) is 12.8 Å². The molecule has 1 aromatic carbocycles. The number of H-pyrrole nitrogens is 1. The minimum atomic E-state index is 0.815. The van der Waals surface area contributed by atoms with E-state index in [1.807, 2.05) is 12.1 Å². The van der Waals surface area contributed by atoms with Crippen molar-refractivity contribution in [1.29, 1.82) is 0 Å². The molecular weight excluding hydrogens is 198 g/mol. The van der Waals surface area contributed by atoms with Gasteiger partial charge in [0.15, 0.2) is 0 Å². The largest absolute Gasteiger partial charge is 0.399 e. The first-order valence-electron chi connectivity index (χ1n) is 5.51. The maximum absolute atomic E-state index is 5.64. The summed E-state index contributed by atoms with van der Waals surface area (Å²) >= 11 is 0. The number of aromatic amines is 1. The van der Waals surface area contributed by atoms with Gasteiger partial charge in [-0.2, -0.15) is 5.10 Å². The summed E-state index contributed by atoms with van der Waals surface area (Å²) in [5, 5.41) is 7.31. The van der Waals surface area contributed by atoms with Gasteiger partial charge in [0.05, 0.1) is 5.69 Å². The quantitative estimate of drug-likeness (QED) is 0.772. The van der Waals surface area contributed by atoms with Gasteiger partial charge in [0.1, 0.15) is 0 Å². The Kier molecular flexibility index (Phi) is 2.95. The molecule has 0 aliphatic carbocycles. The smallest absolute Gasteiger partial charge is 0.0657 e. The van der Waals surface area contributed by atoms with Crippen LogP contribution in [0.4, 0.5) is 5.69 Å². The van der Waals surface area contributed by atoms with E-state index in [2.05, 4.69) is 36.2 Å². The van der Waals surface area contributed by atoms with E-state index in [-0.39, 0.29) is 0 Å². The van der Waals surface area contributed by atoms with Crippen LogP contribution < -0.4 is 5.73 Å². The van der Waals surface area contributed by atoms with Gasteiger partial charge in [0, 0.05) is 11.4 Å². The van der Waals surface area contributed by atoms with Gasteiger partial charge in [-0.1, -0.05) is 12.1 Å². The maximum atomic E-state index is 5.64. The highest BCUT2D eigenvalue weighted by molar-refractivity contribution is 5.39. The zero-order valence-corrected chi connectivity index (χ0v) is 9.75. The molecule has 0 aliphatic rings. The number of rotatable bonds is 3. The molecule has 0 saturated carbocycles. The number of nitrogen functional groups attached to an aromatic ring is 1. The van der Waals surface area contributed by atoms with Gasteiger partial charge in [-0.05, 0) is 49.9 Å². The third kappa shape index (κ3) is 2.24. The molecule has 3 heteroatoms. The highest BCUT2D eigenvalue weighted by Crippen LogP contribution is 2.13. The first kappa shape index (κ1) is 10.7. The highest BCUT2D eigenvalue weighted by atomic mass is 15.1. The third-order valence-electron chi connectivity index (χ3n) is 2.98. The Morgan fingerprint density at radius 3 is 2.38 bits per heavy atom. The van der Waals surface area contributed by atoms with E-state index in [4.69, 9.17) is 5.73 Å². The molecule has 0 fully saturated rings. The van der Waals surface area contributed by atoms with Gasteiger partial charge in [-0.3, -0.25) is 5.10 Å². The number of anilines is 1. The molecule has 0 bridgehead atoms. The van der Waals surface area contributed by atoms with Crippen molar-refractivity contribution in [2.24, 2.45) is 0 Å². The summed E-state index contributed by atoms with van der Waals surface area (Å²) in [6.07, 6.45) is 1.98. The second kappa shape index (κ2) is 4.39. The number of hydrogen-bond donors (Lipinski definition) is 2. The molecule has 84 valence electrons.